The van der Waals surface area contributed by atoms with Crippen LogP contribution in [0.25, 0.3) is 16.6 Å². The SMILES string of the molecule is CC1(c2c(-n3cc(C(N)=O)c(=O)c4ccccc43)ccc([Si](C)(C)C)c2O)CC1. The summed E-state index contributed by atoms with van der Waals surface area (Å²) in [5.41, 5.74) is 7.34. The first kappa shape index (κ1) is 19.5. The molecule has 1 aliphatic rings. The summed E-state index contributed by atoms with van der Waals surface area (Å²) < 4.78 is 1.84. The maximum atomic E-state index is 12.7. The zero-order valence-corrected chi connectivity index (χ0v) is 18.2. The van der Waals surface area contributed by atoms with Crippen LogP contribution >= 0.6 is 0 Å². The quantitative estimate of drug-likeness (QED) is 0.651. The first-order valence-corrected chi connectivity index (χ1v) is 13.4. The zero-order chi connectivity index (χ0) is 21.1. The Bertz CT molecular complexity index is 1220. The van der Waals surface area contributed by atoms with Gasteiger partial charge in [0, 0.05) is 17.1 Å². The van der Waals surface area contributed by atoms with Crippen LogP contribution in [0.4, 0.5) is 0 Å². The molecule has 5 nitrogen and oxygen atoms in total. The van der Waals surface area contributed by atoms with E-state index >= 15 is 0 Å². The normalized spacial score (nSPS) is 15.4. The number of aromatic hydroxyl groups is 1. The molecule has 29 heavy (non-hydrogen) atoms. The van der Waals surface area contributed by atoms with Crippen molar-refractivity contribution >= 4 is 30.1 Å². The molecule has 1 saturated carbocycles. The molecule has 0 atom stereocenters. The number of phenols is 1. The number of pyridine rings is 1. The highest BCUT2D eigenvalue weighted by Crippen LogP contribution is 2.52. The number of primary amides is 1. The third kappa shape index (κ3) is 3.08. The minimum Gasteiger partial charge on any atom is -0.508 e. The number of benzene rings is 2. The number of hydrogen-bond donors (Lipinski definition) is 2. The van der Waals surface area contributed by atoms with Crippen molar-refractivity contribution in [1.82, 2.24) is 4.57 Å². The summed E-state index contributed by atoms with van der Waals surface area (Å²) >= 11 is 0. The van der Waals surface area contributed by atoms with E-state index in [1.54, 1.807) is 12.1 Å². The number of phenolic OH excluding ortho intramolecular Hbond substituents is 1. The topological polar surface area (TPSA) is 85.3 Å². The van der Waals surface area contributed by atoms with Crippen LogP contribution in [0.2, 0.25) is 19.6 Å². The smallest absolute Gasteiger partial charge is 0.254 e. The second kappa shape index (κ2) is 6.32. The van der Waals surface area contributed by atoms with Crippen molar-refractivity contribution in [2.45, 2.75) is 44.8 Å². The lowest BCUT2D eigenvalue weighted by Gasteiger charge is -2.26. The maximum absolute atomic E-state index is 12.7. The molecule has 4 rings (SSSR count). The van der Waals surface area contributed by atoms with E-state index in [4.69, 9.17) is 5.73 Å². The van der Waals surface area contributed by atoms with E-state index in [2.05, 4.69) is 26.6 Å². The van der Waals surface area contributed by atoms with E-state index in [0.29, 0.717) is 16.7 Å². The molecule has 1 amide bonds. The minimum absolute atomic E-state index is 0.0515. The van der Waals surface area contributed by atoms with Crippen LogP contribution in [0.1, 0.15) is 35.7 Å². The Morgan fingerprint density at radius 1 is 1.14 bits per heavy atom. The third-order valence-electron chi connectivity index (χ3n) is 6.00. The van der Waals surface area contributed by atoms with Gasteiger partial charge in [-0.2, -0.15) is 0 Å². The largest absolute Gasteiger partial charge is 0.508 e. The Labute approximate surface area is 170 Å². The number of amides is 1. The molecule has 0 radical (unpaired) electrons. The molecule has 1 aromatic heterocycles. The minimum atomic E-state index is -1.76. The number of rotatable bonds is 4. The van der Waals surface area contributed by atoms with Crippen molar-refractivity contribution in [2.75, 3.05) is 0 Å². The Kier molecular flexibility index (Phi) is 4.24. The Morgan fingerprint density at radius 3 is 2.38 bits per heavy atom. The first-order valence-electron chi connectivity index (χ1n) is 9.86. The van der Waals surface area contributed by atoms with Crippen LogP contribution in [0.15, 0.2) is 47.4 Å². The van der Waals surface area contributed by atoms with E-state index in [0.717, 1.165) is 29.3 Å². The van der Waals surface area contributed by atoms with Gasteiger partial charge in [-0.1, -0.05) is 44.8 Å². The van der Waals surface area contributed by atoms with Crippen LogP contribution in [0.3, 0.4) is 0 Å². The van der Waals surface area contributed by atoms with Crippen LogP contribution in [-0.4, -0.2) is 23.7 Å². The van der Waals surface area contributed by atoms with Crippen LogP contribution in [0.5, 0.6) is 5.75 Å². The van der Waals surface area contributed by atoms with Gasteiger partial charge in [0.25, 0.3) is 5.91 Å². The van der Waals surface area contributed by atoms with E-state index in [-0.39, 0.29) is 16.4 Å². The van der Waals surface area contributed by atoms with Gasteiger partial charge in [-0.15, -0.1) is 0 Å². The van der Waals surface area contributed by atoms with Gasteiger partial charge in [-0.25, -0.2) is 0 Å². The molecule has 0 saturated heterocycles. The summed E-state index contributed by atoms with van der Waals surface area (Å²) in [4.78, 5) is 24.7. The van der Waals surface area contributed by atoms with Crippen LogP contribution < -0.4 is 16.3 Å². The van der Waals surface area contributed by atoms with Crippen LogP contribution in [0, 0.1) is 0 Å². The summed E-state index contributed by atoms with van der Waals surface area (Å²) in [5, 5.41) is 12.8. The van der Waals surface area contributed by atoms with Crippen molar-refractivity contribution in [3.05, 3.63) is 63.9 Å². The Balaban J connectivity index is 2.13. The van der Waals surface area contributed by atoms with E-state index < -0.39 is 14.0 Å². The first-order chi connectivity index (χ1) is 13.5. The highest BCUT2D eigenvalue weighted by atomic mass is 28.3. The molecule has 150 valence electrons. The predicted molar refractivity (Wildman–Crippen MR) is 119 cm³/mol. The number of carbonyl (C=O) groups is 1. The molecule has 0 spiro atoms. The number of nitrogens with two attached hydrogens (primary N) is 1. The van der Waals surface area contributed by atoms with E-state index in [1.165, 1.54) is 6.20 Å². The van der Waals surface area contributed by atoms with Gasteiger partial charge in [0.05, 0.1) is 19.3 Å². The van der Waals surface area contributed by atoms with Crippen molar-refractivity contribution in [3.8, 4) is 11.4 Å². The predicted octanol–water partition coefficient (Wildman–Crippen LogP) is 3.39. The Hall–Kier alpha value is -2.86. The fourth-order valence-corrected chi connectivity index (χ4v) is 5.49. The average Bonchev–Trinajstić information content (AvgIpc) is 3.38. The molecule has 1 heterocycles. The number of nitrogens with zero attached hydrogens (tertiary/aromatic N) is 1. The summed E-state index contributed by atoms with van der Waals surface area (Å²) in [6.45, 7) is 8.78. The Morgan fingerprint density at radius 2 is 1.79 bits per heavy atom. The number of para-hydroxylation sites is 1. The van der Waals surface area contributed by atoms with Gasteiger partial charge in [0.1, 0.15) is 11.3 Å². The number of fused-ring (bicyclic) bond motifs is 1. The third-order valence-corrected chi connectivity index (χ3v) is 8.02. The van der Waals surface area contributed by atoms with Gasteiger partial charge in [0.15, 0.2) is 0 Å². The standard InChI is InChI=1S/C23H26N2O3Si/c1-23(11-12-23)19-17(9-10-18(21(19)27)29(2,3)4)25-13-15(22(24)28)20(26)14-7-5-6-8-16(14)25/h5-10,13,27H,11-12H2,1-4H3,(H2,24,28). The van der Waals surface area contributed by atoms with Crippen LogP contribution in [-0.2, 0) is 5.41 Å². The fraction of sp³-hybridized carbons (Fsp3) is 0.304. The molecule has 3 N–H and O–H groups in total. The highest BCUT2D eigenvalue weighted by Gasteiger charge is 2.44. The fourth-order valence-electron chi connectivity index (χ4n) is 4.07. The van der Waals surface area contributed by atoms with Crippen molar-refractivity contribution in [3.63, 3.8) is 0 Å². The average molecular weight is 407 g/mol. The highest BCUT2D eigenvalue weighted by molar-refractivity contribution is 6.89. The lowest BCUT2D eigenvalue weighted by Crippen LogP contribution is -2.38. The van der Waals surface area contributed by atoms with E-state index in [1.807, 2.05) is 28.8 Å². The second-order valence-electron chi connectivity index (χ2n) is 9.29. The molecular weight excluding hydrogens is 380 g/mol. The van der Waals surface area contributed by atoms with Gasteiger partial charge < -0.3 is 15.4 Å². The van der Waals surface area contributed by atoms with Crippen molar-refractivity contribution < 1.29 is 9.90 Å². The molecule has 0 aliphatic heterocycles. The second-order valence-corrected chi connectivity index (χ2v) is 14.3. The van der Waals surface area contributed by atoms with Gasteiger partial charge in [0.2, 0.25) is 5.43 Å². The number of aromatic nitrogens is 1. The molecule has 3 aromatic rings. The van der Waals surface area contributed by atoms with Gasteiger partial charge in [-0.05, 0) is 41.6 Å². The molecule has 1 fully saturated rings. The summed E-state index contributed by atoms with van der Waals surface area (Å²) in [5.74, 6) is -0.401. The van der Waals surface area contributed by atoms with Gasteiger partial charge >= 0.3 is 0 Å². The lowest BCUT2D eigenvalue weighted by atomic mass is 9.94. The summed E-state index contributed by atoms with van der Waals surface area (Å²) in [7, 11) is -1.76. The molecule has 6 heteroatoms. The van der Waals surface area contributed by atoms with Crippen molar-refractivity contribution in [1.29, 1.82) is 0 Å². The summed E-state index contributed by atoms with van der Waals surface area (Å²) in [6, 6.07) is 11.2. The molecular formula is C23H26N2O3Si. The molecule has 0 bridgehead atoms. The maximum Gasteiger partial charge on any atom is 0.254 e. The summed E-state index contributed by atoms with van der Waals surface area (Å²) in [6.07, 6.45) is 3.50. The molecule has 0 unspecified atom stereocenters. The number of hydrogen-bond acceptors (Lipinski definition) is 3. The molecule has 1 aliphatic carbocycles. The van der Waals surface area contributed by atoms with E-state index in [9.17, 15) is 14.7 Å². The number of carbonyl (C=O) groups excluding carboxylic acids is 1. The molecule has 2 aromatic carbocycles. The zero-order valence-electron chi connectivity index (χ0n) is 17.2. The lowest BCUT2D eigenvalue weighted by molar-refractivity contribution is 0.0999. The monoisotopic (exact) mass is 406 g/mol. The van der Waals surface area contributed by atoms with Gasteiger partial charge in [-0.3, -0.25) is 9.59 Å². The van der Waals surface area contributed by atoms with Crippen molar-refractivity contribution in [2.24, 2.45) is 5.73 Å².